The number of thioether (sulfide) groups is 1. The average Bonchev–Trinajstić information content (AvgIpc) is 3.59. The largest absolute Gasteiger partial charge is 0.507 e. The van der Waals surface area contributed by atoms with Crippen LogP contribution < -0.4 is 9.64 Å². The molecule has 8 nitrogen and oxygen atoms in total. The quantitative estimate of drug-likeness (QED) is 0.0640. The van der Waals surface area contributed by atoms with Gasteiger partial charge < -0.3 is 9.84 Å². The Labute approximate surface area is 254 Å². The Bertz CT molecular complexity index is 1800. The van der Waals surface area contributed by atoms with Crippen LogP contribution in [-0.2, 0) is 15.3 Å². The maximum atomic E-state index is 13.5. The van der Waals surface area contributed by atoms with Gasteiger partial charge in [0.1, 0.15) is 17.3 Å². The van der Waals surface area contributed by atoms with E-state index in [2.05, 4.69) is 15.2 Å². The Kier molecular flexibility index (Phi) is 8.00. The molecular weight excluding hydrogens is 592 g/mol. The van der Waals surface area contributed by atoms with Crippen LogP contribution in [0.15, 0.2) is 113 Å². The fraction of sp³-hybridized carbons (Fsp3) is 0.0645. The van der Waals surface area contributed by atoms with E-state index >= 15 is 0 Å². The smallest absolute Gasteiger partial charge is 0.301 e. The van der Waals surface area contributed by atoms with Crippen LogP contribution >= 0.6 is 34.7 Å². The molecule has 1 saturated heterocycles. The molecule has 3 heterocycles. The number of Topliss-reactive ketones (excluding diaryl/α,β-unsaturated/α-hetero) is 1. The van der Waals surface area contributed by atoms with Gasteiger partial charge in [0.05, 0.1) is 11.6 Å². The zero-order valence-corrected chi connectivity index (χ0v) is 24.1. The summed E-state index contributed by atoms with van der Waals surface area (Å²) in [5.74, 6) is -0.271. The number of ketones is 1. The first kappa shape index (κ1) is 27.6. The van der Waals surface area contributed by atoms with Crippen molar-refractivity contribution >= 4 is 57.3 Å². The number of hydrogen-bond acceptors (Lipinski definition) is 9. The molecule has 6 rings (SSSR count). The molecule has 0 saturated carbocycles. The number of benzene rings is 3. The van der Waals surface area contributed by atoms with Crippen LogP contribution in [0.2, 0.25) is 5.02 Å². The SMILES string of the molecule is O=C1C(=O)N(c2nnc(SCc3ccccc3Cl)s2)C(c2cccc(Oc3ccccc3)c2)/C1=C(\O)c1ccncc1. The molecule has 1 aliphatic rings. The predicted octanol–water partition coefficient (Wildman–Crippen LogP) is 7.30. The monoisotopic (exact) mass is 612 g/mol. The predicted molar refractivity (Wildman–Crippen MR) is 163 cm³/mol. The Morgan fingerprint density at radius 3 is 2.45 bits per heavy atom. The van der Waals surface area contributed by atoms with Gasteiger partial charge in [-0.15, -0.1) is 10.2 Å². The molecule has 0 aliphatic carbocycles. The minimum Gasteiger partial charge on any atom is -0.507 e. The van der Waals surface area contributed by atoms with E-state index in [0.29, 0.717) is 37.7 Å². The third-order valence-electron chi connectivity index (χ3n) is 6.46. The lowest BCUT2D eigenvalue weighted by molar-refractivity contribution is -0.132. The second kappa shape index (κ2) is 12.2. The highest BCUT2D eigenvalue weighted by molar-refractivity contribution is 8.00. The molecule has 0 radical (unpaired) electrons. The normalized spacial score (nSPS) is 16.1. The van der Waals surface area contributed by atoms with Crippen molar-refractivity contribution in [3.8, 4) is 11.5 Å². The van der Waals surface area contributed by atoms with Crippen molar-refractivity contribution in [3.05, 3.63) is 131 Å². The highest BCUT2D eigenvalue weighted by Gasteiger charge is 2.48. The summed E-state index contributed by atoms with van der Waals surface area (Å²) < 4.78 is 6.62. The second-order valence-electron chi connectivity index (χ2n) is 9.12. The zero-order valence-electron chi connectivity index (χ0n) is 21.8. The lowest BCUT2D eigenvalue weighted by atomic mass is 9.95. The van der Waals surface area contributed by atoms with Gasteiger partial charge in [-0.1, -0.05) is 83.2 Å². The van der Waals surface area contributed by atoms with E-state index in [4.69, 9.17) is 16.3 Å². The third kappa shape index (κ3) is 5.64. The number of amides is 1. The summed E-state index contributed by atoms with van der Waals surface area (Å²) in [6, 6.07) is 26.0. The van der Waals surface area contributed by atoms with Crippen molar-refractivity contribution < 1.29 is 19.4 Å². The van der Waals surface area contributed by atoms with Crippen molar-refractivity contribution in [1.29, 1.82) is 0 Å². The maximum Gasteiger partial charge on any atom is 0.301 e. The summed E-state index contributed by atoms with van der Waals surface area (Å²) >= 11 is 8.91. The summed E-state index contributed by atoms with van der Waals surface area (Å²) in [6.07, 6.45) is 3.00. The van der Waals surface area contributed by atoms with Crippen molar-refractivity contribution in [2.75, 3.05) is 4.90 Å². The summed E-state index contributed by atoms with van der Waals surface area (Å²) in [4.78, 5) is 32.3. The number of aliphatic hydroxyl groups excluding tert-OH is 1. The van der Waals surface area contributed by atoms with E-state index in [1.165, 1.54) is 40.4 Å². The number of aliphatic hydroxyl groups is 1. The molecule has 42 heavy (non-hydrogen) atoms. The van der Waals surface area contributed by atoms with E-state index in [-0.39, 0.29) is 16.5 Å². The Morgan fingerprint density at radius 2 is 1.67 bits per heavy atom. The molecule has 11 heteroatoms. The second-order valence-corrected chi connectivity index (χ2v) is 11.7. The van der Waals surface area contributed by atoms with Gasteiger partial charge in [0.2, 0.25) is 5.13 Å². The topological polar surface area (TPSA) is 106 Å². The standard InChI is InChI=1S/C31H21ClN4O4S2/c32-24-12-5-4-7-21(24)18-41-31-35-34-30(42-31)36-26(20-8-6-11-23(17-20)40-22-9-2-1-3-10-22)25(28(38)29(36)39)27(37)19-13-15-33-16-14-19/h1-17,26,37H,18H2/b27-25+. The molecule has 1 atom stereocenters. The molecule has 5 aromatic rings. The van der Waals surface area contributed by atoms with Crippen LogP contribution in [0.4, 0.5) is 5.13 Å². The highest BCUT2D eigenvalue weighted by Crippen LogP contribution is 2.45. The van der Waals surface area contributed by atoms with Gasteiger partial charge in [0.15, 0.2) is 4.34 Å². The van der Waals surface area contributed by atoms with Crippen molar-refractivity contribution in [2.45, 2.75) is 16.1 Å². The van der Waals surface area contributed by atoms with Crippen molar-refractivity contribution in [1.82, 2.24) is 15.2 Å². The summed E-state index contributed by atoms with van der Waals surface area (Å²) in [6.45, 7) is 0. The number of pyridine rings is 1. The Balaban J connectivity index is 1.39. The first-order valence-electron chi connectivity index (χ1n) is 12.7. The van der Waals surface area contributed by atoms with Gasteiger partial charge in [-0.2, -0.15) is 0 Å². The fourth-order valence-electron chi connectivity index (χ4n) is 4.50. The summed E-state index contributed by atoms with van der Waals surface area (Å²) in [7, 11) is 0. The molecule has 1 N–H and O–H groups in total. The number of carbonyl (C=O) groups is 2. The Morgan fingerprint density at radius 1 is 0.929 bits per heavy atom. The average molecular weight is 613 g/mol. The van der Waals surface area contributed by atoms with Gasteiger partial charge in [-0.05, 0) is 53.6 Å². The van der Waals surface area contributed by atoms with E-state index in [9.17, 15) is 14.7 Å². The van der Waals surface area contributed by atoms with Crippen LogP contribution in [-0.4, -0.2) is 32.0 Å². The van der Waals surface area contributed by atoms with Gasteiger partial charge in [-0.25, -0.2) is 0 Å². The van der Waals surface area contributed by atoms with E-state index < -0.39 is 17.7 Å². The van der Waals surface area contributed by atoms with Crippen LogP contribution in [0.5, 0.6) is 11.5 Å². The van der Waals surface area contributed by atoms with Crippen LogP contribution in [0.1, 0.15) is 22.7 Å². The maximum absolute atomic E-state index is 13.5. The molecule has 1 amide bonds. The molecule has 208 valence electrons. The number of ether oxygens (including phenoxy) is 1. The highest BCUT2D eigenvalue weighted by atomic mass is 35.5. The molecule has 3 aromatic carbocycles. The third-order valence-corrected chi connectivity index (χ3v) is 8.94. The van der Waals surface area contributed by atoms with Crippen LogP contribution in [0, 0.1) is 0 Å². The minimum absolute atomic E-state index is 0.0662. The van der Waals surface area contributed by atoms with E-state index in [1.54, 1.807) is 36.4 Å². The lowest BCUT2D eigenvalue weighted by Gasteiger charge is -2.23. The number of anilines is 1. The first-order chi connectivity index (χ1) is 20.5. The number of para-hydroxylation sites is 1. The van der Waals surface area contributed by atoms with Crippen molar-refractivity contribution in [3.63, 3.8) is 0 Å². The number of halogens is 1. The number of hydrogen-bond donors (Lipinski definition) is 1. The molecule has 1 fully saturated rings. The van der Waals surface area contributed by atoms with Gasteiger partial charge in [-0.3, -0.25) is 19.5 Å². The fourth-order valence-corrected chi connectivity index (χ4v) is 6.65. The minimum atomic E-state index is -0.980. The summed E-state index contributed by atoms with van der Waals surface area (Å²) in [5, 5.41) is 20.7. The van der Waals surface area contributed by atoms with E-state index in [1.807, 2.05) is 54.6 Å². The molecular formula is C31H21ClN4O4S2. The molecule has 1 unspecified atom stereocenters. The number of nitrogens with zero attached hydrogens (tertiary/aromatic N) is 4. The van der Waals surface area contributed by atoms with Crippen molar-refractivity contribution in [2.24, 2.45) is 0 Å². The molecule has 0 spiro atoms. The number of rotatable bonds is 8. The number of aromatic nitrogens is 3. The molecule has 2 aromatic heterocycles. The lowest BCUT2D eigenvalue weighted by Crippen LogP contribution is -2.29. The number of carbonyl (C=O) groups excluding carboxylic acids is 2. The zero-order chi connectivity index (χ0) is 29.1. The molecule has 1 aliphatic heterocycles. The van der Waals surface area contributed by atoms with Gasteiger partial charge >= 0.3 is 5.91 Å². The first-order valence-corrected chi connectivity index (χ1v) is 14.9. The van der Waals surface area contributed by atoms with Gasteiger partial charge in [0, 0.05) is 28.7 Å². The van der Waals surface area contributed by atoms with E-state index in [0.717, 1.165) is 5.56 Å². The summed E-state index contributed by atoms with van der Waals surface area (Å²) in [5.41, 5.74) is 1.79. The van der Waals surface area contributed by atoms with Gasteiger partial charge in [0.25, 0.3) is 5.78 Å². The Hall–Kier alpha value is -4.51. The van der Waals surface area contributed by atoms with Crippen LogP contribution in [0.3, 0.4) is 0 Å². The molecule has 0 bridgehead atoms. The van der Waals surface area contributed by atoms with Crippen LogP contribution in [0.25, 0.3) is 5.76 Å².